The van der Waals surface area contributed by atoms with Crippen molar-refractivity contribution >= 4 is 34.2 Å². The van der Waals surface area contributed by atoms with Crippen molar-refractivity contribution in [1.29, 1.82) is 0 Å². The molecular formula is C17H19F2N3O4S. The molecule has 10 heteroatoms. The number of anilines is 2. The Bertz CT molecular complexity index is 810. The van der Waals surface area contributed by atoms with Gasteiger partial charge in [0.2, 0.25) is 5.91 Å². The summed E-state index contributed by atoms with van der Waals surface area (Å²) < 4.78 is 45.6. The van der Waals surface area contributed by atoms with Gasteiger partial charge in [-0.3, -0.25) is 13.9 Å². The number of nitrogens with one attached hydrogen (secondary N) is 1. The SMILES string of the molecule is CC(=O)NCC1CN(c2cc(F)c(N3CC4(C3)CS(=O)C4)c(F)c2)C(=O)O1. The van der Waals surface area contributed by atoms with E-state index in [2.05, 4.69) is 5.32 Å². The number of cyclic esters (lactones) is 1. The number of amides is 2. The van der Waals surface area contributed by atoms with E-state index in [0.717, 1.165) is 17.0 Å². The third kappa shape index (κ3) is 3.26. The molecule has 4 rings (SSSR count). The highest BCUT2D eigenvalue weighted by Crippen LogP contribution is 2.44. The van der Waals surface area contributed by atoms with Gasteiger partial charge in [-0.2, -0.15) is 0 Å². The molecule has 0 radical (unpaired) electrons. The van der Waals surface area contributed by atoms with E-state index in [-0.39, 0.29) is 35.8 Å². The maximum absolute atomic E-state index is 14.6. The van der Waals surface area contributed by atoms with Crippen LogP contribution in [-0.4, -0.2) is 60.0 Å². The fraction of sp³-hybridized carbons (Fsp3) is 0.529. The van der Waals surface area contributed by atoms with Crippen LogP contribution in [0.25, 0.3) is 0 Å². The third-order valence-corrected chi connectivity index (χ3v) is 6.94. The Morgan fingerprint density at radius 1 is 1.33 bits per heavy atom. The molecule has 2 amide bonds. The third-order valence-electron chi connectivity index (χ3n) is 5.07. The summed E-state index contributed by atoms with van der Waals surface area (Å²) >= 11 is 0. The maximum Gasteiger partial charge on any atom is 0.414 e. The monoisotopic (exact) mass is 399 g/mol. The van der Waals surface area contributed by atoms with Gasteiger partial charge in [-0.05, 0) is 0 Å². The predicted octanol–water partition coefficient (Wildman–Crippen LogP) is 0.995. The predicted molar refractivity (Wildman–Crippen MR) is 95.2 cm³/mol. The minimum atomic E-state index is -0.808. The lowest BCUT2D eigenvalue weighted by Crippen LogP contribution is -2.67. The number of carbonyl (C=O) groups excluding carboxylic acids is 2. The van der Waals surface area contributed by atoms with Crippen LogP contribution in [0.4, 0.5) is 25.0 Å². The standard InChI is InChI=1S/C17H19F2N3O4S/c1-10(23)20-4-12-5-22(16(24)26-12)11-2-13(18)15(14(19)3-11)21-6-17(7-21)8-27(25)9-17/h2-3,12H,4-9H2,1H3,(H,20,23). The van der Waals surface area contributed by atoms with Crippen molar-refractivity contribution in [2.24, 2.45) is 5.41 Å². The molecule has 1 atom stereocenters. The van der Waals surface area contributed by atoms with E-state index in [1.54, 1.807) is 4.90 Å². The summed E-state index contributed by atoms with van der Waals surface area (Å²) in [5.74, 6) is -0.592. The summed E-state index contributed by atoms with van der Waals surface area (Å²) in [6.45, 7) is 2.54. The van der Waals surface area contributed by atoms with E-state index >= 15 is 0 Å². The molecule has 3 fully saturated rings. The van der Waals surface area contributed by atoms with E-state index < -0.39 is 34.6 Å². The summed E-state index contributed by atoms with van der Waals surface area (Å²) in [5.41, 5.74) is -0.119. The van der Waals surface area contributed by atoms with E-state index in [0.29, 0.717) is 24.6 Å². The second-order valence-corrected chi connectivity index (χ2v) is 8.85. The number of rotatable bonds is 4. The van der Waals surface area contributed by atoms with E-state index in [4.69, 9.17) is 4.74 Å². The molecular weight excluding hydrogens is 380 g/mol. The lowest BCUT2D eigenvalue weighted by molar-refractivity contribution is -0.119. The Hall–Kier alpha value is -2.23. The Labute approximate surface area is 157 Å². The minimum absolute atomic E-state index is 0.0713. The quantitative estimate of drug-likeness (QED) is 0.817. The fourth-order valence-electron chi connectivity index (χ4n) is 3.85. The van der Waals surface area contributed by atoms with E-state index in [1.165, 1.54) is 6.92 Å². The lowest BCUT2D eigenvalue weighted by Gasteiger charge is -2.55. The van der Waals surface area contributed by atoms with Gasteiger partial charge in [0.15, 0.2) is 11.6 Å². The first kappa shape index (κ1) is 18.1. The Morgan fingerprint density at radius 2 is 1.96 bits per heavy atom. The van der Waals surface area contributed by atoms with Gasteiger partial charge in [0.1, 0.15) is 11.8 Å². The molecule has 3 heterocycles. The average Bonchev–Trinajstić information content (AvgIpc) is 2.89. The first-order valence-corrected chi connectivity index (χ1v) is 10.1. The summed E-state index contributed by atoms with van der Waals surface area (Å²) in [4.78, 5) is 25.7. The molecule has 3 aliphatic heterocycles. The van der Waals surface area contributed by atoms with E-state index in [9.17, 15) is 22.6 Å². The largest absolute Gasteiger partial charge is 0.442 e. The molecule has 1 aromatic rings. The number of hydrogen-bond donors (Lipinski definition) is 1. The second-order valence-electron chi connectivity index (χ2n) is 7.40. The van der Waals surface area contributed by atoms with Crippen LogP contribution in [0.1, 0.15) is 6.92 Å². The number of benzene rings is 1. The zero-order chi connectivity index (χ0) is 19.3. The maximum atomic E-state index is 14.6. The number of carbonyl (C=O) groups is 2. The zero-order valence-corrected chi connectivity index (χ0v) is 15.5. The summed E-state index contributed by atoms with van der Waals surface area (Å²) in [7, 11) is -0.808. The first-order valence-electron chi connectivity index (χ1n) is 8.58. The molecule has 0 aliphatic carbocycles. The number of halogens is 2. The topological polar surface area (TPSA) is 79.0 Å². The zero-order valence-electron chi connectivity index (χ0n) is 14.7. The van der Waals surface area contributed by atoms with Gasteiger partial charge in [0.05, 0.1) is 18.8 Å². The van der Waals surface area contributed by atoms with Crippen molar-refractivity contribution in [3.05, 3.63) is 23.8 Å². The summed E-state index contributed by atoms with van der Waals surface area (Å²) in [6, 6.07) is 2.23. The van der Waals surface area contributed by atoms with Crippen LogP contribution < -0.4 is 15.1 Å². The number of ether oxygens (including phenoxy) is 1. The smallest absolute Gasteiger partial charge is 0.414 e. The van der Waals surface area contributed by atoms with Crippen LogP contribution in [0.2, 0.25) is 0 Å². The van der Waals surface area contributed by atoms with Gasteiger partial charge in [0, 0.05) is 59.9 Å². The molecule has 1 spiro atoms. The summed E-state index contributed by atoms with van der Waals surface area (Å²) in [5, 5.41) is 2.54. The van der Waals surface area contributed by atoms with Gasteiger partial charge < -0.3 is 15.0 Å². The van der Waals surface area contributed by atoms with Crippen molar-refractivity contribution in [1.82, 2.24) is 5.32 Å². The lowest BCUT2D eigenvalue weighted by atomic mass is 9.82. The Balaban J connectivity index is 1.47. The van der Waals surface area contributed by atoms with Crippen molar-refractivity contribution < 1.29 is 27.3 Å². The van der Waals surface area contributed by atoms with Crippen molar-refractivity contribution in [2.75, 3.05) is 47.5 Å². The van der Waals surface area contributed by atoms with Crippen molar-refractivity contribution in [3.63, 3.8) is 0 Å². The van der Waals surface area contributed by atoms with Crippen LogP contribution in [0.15, 0.2) is 12.1 Å². The molecule has 7 nitrogen and oxygen atoms in total. The van der Waals surface area contributed by atoms with Gasteiger partial charge >= 0.3 is 6.09 Å². The van der Waals surface area contributed by atoms with Crippen molar-refractivity contribution in [3.8, 4) is 0 Å². The van der Waals surface area contributed by atoms with Crippen LogP contribution in [0, 0.1) is 17.0 Å². The van der Waals surface area contributed by atoms with Crippen LogP contribution in [-0.2, 0) is 20.3 Å². The highest BCUT2D eigenvalue weighted by atomic mass is 32.2. The molecule has 3 saturated heterocycles. The molecule has 1 N–H and O–H groups in total. The number of hydrogen-bond acceptors (Lipinski definition) is 5. The Kier molecular flexibility index (Phi) is 4.32. The number of nitrogens with zero attached hydrogens (tertiary/aromatic N) is 2. The normalized spacial score (nSPS) is 23.8. The van der Waals surface area contributed by atoms with Crippen molar-refractivity contribution in [2.45, 2.75) is 13.0 Å². The molecule has 1 aromatic carbocycles. The van der Waals surface area contributed by atoms with E-state index in [1.807, 2.05) is 0 Å². The van der Waals surface area contributed by atoms with Crippen LogP contribution >= 0.6 is 0 Å². The fourth-order valence-corrected chi connectivity index (χ4v) is 5.50. The minimum Gasteiger partial charge on any atom is -0.442 e. The molecule has 0 saturated carbocycles. The second kappa shape index (κ2) is 6.43. The van der Waals surface area contributed by atoms with Gasteiger partial charge in [-0.25, -0.2) is 13.6 Å². The first-order chi connectivity index (χ1) is 12.8. The van der Waals surface area contributed by atoms with Crippen LogP contribution in [0.5, 0.6) is 0 Å². The highest BCUT2D eigenvalue weighted by molar-refractivity contribution is 7.86. The van der Waals surface area contributed by atoms with Crippen LogP contribution in [0.3, 0.4) is 0 Å². The Morgan fingerprint density at radius 3 is 2.52 bits per heavy atom. The molecule has 0 aromatic heterocycles. The van der Waals surface area contributed by atoms with Gasteiger partial charge in [0.25, 0.3) is 0 Å². The molecule has 1 unspecified atom stereocenters. The molecule has 27 heavy (non-hydrogen) atoms. The highest BCUT2D eigenvalue weighted by Gasteiger charge is 2.52. The molecule has 0 bridgehead atoms. The molecule has 146 valence electrons. The molecule has 3 aliphatic rings. The summed E-state index contributed by atoms with van der Waals surface area (Å²) in [6.07, 6.45) is -1.29. The average molecular weight is 399 g/mol. The van der Waals surface area contributed by atoms with Gasteiger partial charge in [-0.15, -0.1) is 0 Å². The van der Waals surface area contributed by atoms with Gasteiger partial charge in [-0.1, -0.05) is 0 Å².